The van der Waals surface area contributed by atoms with Gasteiger partial charge in [0.05, 0.1) is 6.61 Å². The van der Waals surface area contributed by atoms with E-state index in [0.717, 1.165) is 16.4 Å². The summed E-state index contributed by atoms with van der Waals surface area (Å²) in [6.45, 7) is -0.825. The second kappa shape index (κ2) is 10.9. The summed E-state index contributed by atoms with van der Waals surface area (Å²) in [6.07, 6.45) is 3.40. The number of oxime groups is 1. The van der Waals surface area contributed by atoms with Gasteiger partial charge in [-0.1, -0.05) is 5.16 Å². The minimum atomic E-state index is -1.33. The number of nitrogen functional groups attached to an aromatic ring is 1. The number of hydrogen-bond donors (Lipinski definition) is 5. The first-order valence-corrected chi connectivity index (χ1v) is 12.3. The summed E-state index contributed by atoms with van der Waals surface area (Å²) in [4.78, 5) is 58.3. The van der Waals surface area contributed by atoms with Crippen molar-refractivity contribution in [3.05, 3.63) is 47.2 Å². The van der Waals surface area contributed by atoms with Crippen molar-refractivity contribution in [2.45, 2.75) is 24.6 Å². The zero-order valence-electron chi connectivity index (χ0n) is 18.8. The average Bonchev–Trinajstić information content (AvgIpc) is 3.30. The molecule has 2 amide bonds. The van der Waals surface area contributed by atoms with Crippen LogP contribution in [0.2, 0.25) is 0 Å². The highest BCUT2D eigenvalue weighted by Gasteiger charge is 2.54. The molecule has 1 unspecified atom stereocenters. The predicted octanol–water partition coefficient (Wildman–Crippen LogP) is -1.86. The number of pyridine rings is 1. The molecule has 1 saturated heterocycles. The molecule has 194 valence electrons. The van der Waals surface area contributed by atoms with Crippen LogP contribution in [0, 0.1) is 0 Å². The van der Waals surface area contributed by atoms with Gasteiger partial charge in [0.1, 0.15) is 17.1 Å². The summed E-state index contributed by atoms with van der Waals surface area (Å²) in [6, 6.07) is 2.36. The fourth-order valence-electron chi connectivity index (χ4n) is 3.67. The van der Waals surface area contributed by atoms with E-state index in [2.05, 4.69) is 24.7 Å². The number of fused-ring (bicyclic) bond motifs is 1. The van der Waals surface area contributed by atoms with Crippen molar-refractivity contribution in [3.8, 4) is 0 Å². The minimum Gasteiger partial charge on any atom is -0.479 e. The van der Waals surface area contributed by atoms with E-state index in [1.165, 1.54) is 11.8 Å². The Hall–Kier alpha value is -4.09. The monoisotopic (exact) mass is 550 g/mol. The number of carboxylic acid groups (broad SMARTS) is 2. The molecule has 0 spiro atoms. The number of aliphatic hydroxyl groups is 1. The topological polar surface area (TPSA) is 222 Å². The molecule has 0 saturated carbocycles. The molecule has 6 N–H and O–H groups in total. The smallest absolute Gasteiger partial charge is 0.352 e. The van der Waals surface area contributed by atoms with E-state index >= 15 is 0 Å². The van der Waals surface area contributed by atoms with Gasteiger partial charge < -0.3 is 31.2 Å². The maximum atomic E-state index is 13.0. The number of nitrogens with one attached hydrogen (secondary N) is 1. The van der Waals surface area contributed by atoms with Crippen molar-refractivity contribution in [2.75, 3.05) is 18.1 Å². The first-order chi connectivity index (χ1) is 17.7. The van der Waals surface area contributed by atoms with Crippen molar-refractivity contribution in [1.82, 2.24) is 19.6 Å². The third-order valence-electron chi connectivity index (χ3n) is 5.22. The van der Waals surface area contributed by atoms with Crippen LogP contribution >= 0.6 is 23.3 Å². The number of β-lactam (4-membered cyclic amide) rings is 1. The normalized spacial score (nSPS) is 19.2. The molecule has 2 aliphatic heterocycles. The zero-order valence-corrected chi connectivity index (χ0v) is 20.4. The Morgan fingerprint density at radius 1 is 1.35 bits per heavy atom. The van der Waals surface area contributed by atoms with E-state index in [0.29, 0.717) is 11.1 Å². The lowest BCUT2D eigenvalue weighted by atomic mass is 10.0. The quantitative estimate of drug-likeness (QED) is 0.0951. The van der Waals surface area contributed by atoms with Crippen LogP contribution in [0.1, 0.15) is 11.4 Å². The highest BCUT2D eigenvalue weighted by atomic mass is 32.2. The number of carboxylic acids is 2. The average molecular weight is 551 g/mol. The van der Waals surface area contributed by atoms with Crippen LogP contribution in [0.15, 0.2) is 41.0 Å². The number of anilines is 1. The highest BCUT2D eigenvalue weighted by Crippen LogP contribution is 2.40. The van der Waals surface area contributed by atoms with Gasteiger partial charge >= 0.3 is 11.9 Å². The molecule has 2 atom stereocenters. The maximum absolute atomic E-state index is 13.0. The van der Waals surface area contributed by atoms with Gasteiger partial charge in [-0.05, 0) is 6.07 Å². The molecule has 2 aromatic rings. The maximum Gasteiger partial charge on any atom is 0.352 e. The summed E-state index contributed by atoms with van der Waals surface area (Å²) in [5.41, 5.74) is 6.02. The Labute approximate surface area is 216 Å². The van der Waals surface area contributed by atoms with Crippen LogP contribution in [-0.2, 0) is 37.2 Å². The molecule has 0 radical (unpaired) electrons. The predicted molar refractivity (Wildman–Crippen MR) is 127 cm³/mol. The van der Waals surface area contributed by atoms with Crippen LogP contribution in [0.25, 0.3) is 0 Å². The van der Waals surface area contributed by atoms with E-state index < -0.39 is 47.5 Å². The molecule has 17 heteroatoms. The summed E-state index contributed by atoms with van der Waals surface area (Å²) in [5, 5.41) is 33.3. The summed E-state index contributed by atoms with van der Waals surface area (Å²) in [7, 11) is 0. The number of aliphatic carboxylic acids is 2. The van der Waals surface area contributed by atoms with Gasteiger partial charge in [0, 0.05) is 34.5 Å². The van der Waals surface area contributed by atoms with Gasteiger partial charge in [-0.15, -0.1) is 11.8 Å². The Kier molecular flexibility index (Phi) is 7.65. The summed E-state index contributed by atoms with van der Waals surface area (Å²) < 4.78 is 5.58. The number of amides is 2. The number of aromatic nitrogens is 3. The van der Waals surface area contributed by atoms with Crippen LogP contribution in [0.4, 0.5) is 5.13 Å². The van der Waals surface area contributed by atoms with E-state index in [1.807, 2.05) is 0 Å². The molecular weight excluding hydrogens is 530 g/mol. The molecule has 4 heterocycles. The van der Waals surface area contributed by atoms with E-state index in [-0.39, 0.29) is 35.6 Å². The van der Waals surface area contributed by atoms with E-state index in [1.54, 1.807) is 29.1 Å². The van der Waals surface area contributed by atoms with E-state index in [9.17, 15) is 29.4 Å². The first-order valence-electron chi connectivity index (χ1n) is 10.5. The van der Waals surface area contributed by atoms with Crippen LogP contribution in [0.3, 0.4) is 0 Å². The molecule has 4 rings (SSSR count). The number of nitrogens with two attached hydrogens (primary N) is 1. The SMILES string of the molecule is Nc1nc(C(=NOCC(=O)O)C(=O)NC2C(=O)N3C(C(=O)O)=C(C[n+]4cccc(CO)c4)CS[C@H]23)ns1. The van der Waals surface area contributed by atoms with Gasteiger partial charge in [0.25, 0.3) is 11.8 Å². The molecule has 0 aliphatic carbocycles. The van der Waals surface area contributed by atoms with Gasteiger partial charge in [-0.25, -0.2) is 14.2 Å². The van der Waals surface area contributed by atoms with E-state index in [4.69, 9.17) is 10.8 Å². The Morgan fingerprint density at radius 2 is 2.14 bits per heavy atom. The third-order valence-corrected chi connectivity index (χ3v) is 7.11. The highest BCUT2D eigenvalue weighted by molar-refractivity contribution is 8.00. The molecular formula is C20H20N7O8S2+. The molecule has 2 aromatic heterocycles. The first kappa shape index (κ1) is 26.0. The number of carbonyl (C=O) groups excluding carboxylic acids is 2. The van der Waals surface area contributed by atoms with Crippen molar-refractivity contribution < 1.29 is 43.9 Å². The Morgan fingerprint density at radius 3 is 2.78 bits per heavy atom. The molecule has 0 aromatic carbocycles. The fourth-order valence-corrected chi connectivity index (χ4v) is 5.44. The van der Waals surface area contributed by atoms with Crippen molar-refractivity contribution >= 4 is 57.9 Å². The third kappa shape index (κ3) is 5.52. The van der Waals surface area contributed by atoms with Gasteiger partial charge in [0.15, 0.2) is 24.1 Å². The number of rotatable bonds is 10. The minimum absolute atomic E-state index is 0.0219. The molecule has 1 fully saturated rings. The lowest BCUT2D eigenvalue weighted by Crippen LogP contribution is -2.71. The zero-order chi connectivity index (χ0) is 26.7. The molecule has 0 bridgehead atoms. The standard InChI is InChI=1S/C20H19N7O8S2/c21-20-23-15(25-37-20)12(24-35-7-11(29)30)16(31)22-13-17(32)27-14(19(33)34)10(8-36-18(13)27)5-26-3-1-2-9(4-26)6-28/h1-4,13,18,28H,5-8H2,(H4-,21,22,23,25,29,30,31,33,34)/p+1/t13?,18-/m1/s1. The van der Waals surface area contributed by atoms with Crippen LogP contribution in [-0.4, -0.2) is 82.8 Å². The van der Waals surface area contributed by atoms with Gasteiger partial charge in [-0.3, -0.25) is 14.5 Å². The number of carbonyl (C=O) groups is 4. The molecule has 15 nitrogen and oxygen atoms in total. The van der Waals surface area contributed by atoms with Crippen molar-refractivity contribution in [1.29, 1.82) is 0 Å². The van der Waals surface area contributed by atoms with Gasteiger partial charge in [0.2, 0.25) is 18.1 Å². The lowest BCUT2D eigenvalue weighted by molar-refractivity contribution is -0.689. The number of aliphatic hydroxyl groups excluding tert-OH is 1. The second-order valence-electron chi connectivity index (χ2n) is 7.72. The summed E-state index contributed by atoms with van der Waals surface area (Å²) in [5.74, 6) is -4.14. The second-order valence-corrected chi connectivity index (χ2v) is 9.61. The van der Waals surface area contributed by atoms with Crippen LogP contribution in [0.5, 0.6) is 0 Å². The largest absolute Gasteiger partial charge is 0.479 e. The Balaban J connectivity index is 1.53. The van der Waals surface area contributed by atoms with Crippen molar-refractivity contribution in [2.24, 2.45) is 5.16 Å². The molecule has 2 aliphatic rings. The fraction of sp³-hybridized carbons (Fsp3) is 0.300. The Bertz CT molecular complexity index is 1330. The number of hydrogen-bond acceptors (Lipinski definition) is 12. The number of nitrogens with zero attached hydrogens (tertiary/aromatic N) is 5. The summed E-state index contributed by atoms with van der Waals surface area (Å²) >= 11 is 2.04. The molecule has 37 heavy (non-hydrogen) atoms. The van der Waals surface area contributed by atoms with Gasteiger partial charge in [-0.2, -0.15) is 9.36 Å². The lowest BCUT2D eigenvalue weighted by Gasteiger charge is -2.49. The number of thioether (sulfide) groups is 1. The van der Waals surface area contributed by atoms with Crippen molar-refractivity contribution in [3.63, 3.8) is 0 Å². The van der Waals surface area contributed by atoms with Crippen LogP contribution < -0.4 is 15.6 Å².